The molecule has 0 aromatic rings. The van der Waals surface area contributed by atoms with Crippen LogP contribution in [0.2, 0.25) is 0 Å². The molecule has 0 saturated carbocycles. The Morgan fingerprint density at radius 3 is 2.61 bits per heavy atom. The Kier molecular flexibility index (Phi) is 6.09. The third kappa shape index (κ3) is 4.87. The van der Waals surface area contributed by atoms with Gasteiger partial charge in [0.15, 0.2) is 0 Å². The molecular weight excluding hydrogens is 224 g/mol. The van der Waals surface area contributed by atoms with Gasteiger partial charge in [-0.05, 0) is 25.7 Å². The molecule has 3 heteroatoms. The molecule has 1 N–H and O–H groups in total. The van der Waals surface area contributed by atoms with Gasteiger partial charge in [-0.1, -0.05) is 27.7 Å². The first-order chi connectivity index (χ1) is 8.36. The molecule has 0 bridgehead atoms. The van der Waals surface area contributed by atoms with Crippen molar-refractivity contribution in [2.45, 2.75) is 66.2 Å². The molecule has 18 heavy (non-hydrogen) atoms. The quantitative estimate of drug-likeness (QED) is 0.790. The third-order valence-corrected chi connectivity index (χ3v) is 4.11. The zero-order valence-electron chi connectivity index (χ0n) is 13.1. The number of hydrogen-bond acceptors (Lipinski definition) is 3. The van der Waals surface area contributed by atoms with E-state index in [1.165, 1.54) is 6.42 Å². The average Bonchev–Trinajstić information content (AvgIpc) is 2.31. The molecule has 3 nitrogen and oxygen atoms in total. The topological polar surface area (TPSA) is 24.5 Å². The van der Waals surface area contributed by atoms with Crippen LogP contribution in [0.5, 0.6) is 0 Å². The first-order valence-electron chi connectivity index (χ1n) is 7.45. The van der Waals surface area contributed by atoms with Crippen LogP contribution < -0.4 is 5.32 Å². The Labute approximate surface area is 113 Å². The normalized spacial score (nSPS) is 29.5. The minimum Gasteiger partial charge on any atom is -0.376 e. The monoisotopic (exact) mass is 256 g/mol. The lowest BCUT2D eigenvalue weighted by Gasteiger charge is -2.42. The van der Waals surface area contributed by atoms with Crippen LogP contribution in [0.1, 0.15) is 48.0 Å². The maximum atomic E-state index is 5.71. The van der Waals surface area contributed by atoms with E-state index in [1.807, 2.05) is 0 Å². The summed E-state index contributed by atoms with van der Waals surface area (Å²) in [7, 11) is 0. The van der Waals surface area contributed by atoms with Gasteiger partial charge in [0.05, 0.1) is 12.7 Å². The summed E-state index contributed by atoms with van der Waals surface area (Å²) in [5.74, 6) is 0. The van der Waals surface area contributed by atoms with Gasteiger partial charge < -0.3 is 10.1 Å². The van der Waals surface area contributed by atoms with E-state index in [-0.39, 0.29) is 0 Å². The van der Waals surface area contributed by atoms with Crippen LogP contribution >= 0.6 is 0 Å². The third-order valence-electron chi connectivity index (χ3n) is 4.11. The van der Waals surface area contributed by atoms with E-state index >= 15 is 0 Å². The van der Waals surface area contributed by atoms with E-state index in [2.05, 4.69) is 51.8 Å². The molecule has 1 rings (SSSR count). The van der Waals surface area contributed by atoms with Gasteiger partial charge in [-0.15, -0.1) is 0 Å². The van der Waals surface area contributed by atoms with Gasteiger partial charge >= 0.3 is 0 Å². The van der Waals surface area contributed by atoms with Crippen molar-refractivity contribution in [3.63, 3.8) is 0 Å². The maximum absolute atomic E-state index is 5.71. The second-order valence-electron chi connectivity index (χ2n) is 6.62. The molecule has 1 fully saturated rings. The minimum absolute atomic E-state index is 0.357. The highest BCUT2D eigenvalue weighted by Crippen LogP contribution is 2.25. The molecule has 0 amide bonds. The number of morpholine rings is 1. The number of ether oxygens (including phenoxy) is 1. The molecule has 1 aliphatic heterocycles. The molecule has 0 aliphatic carbocycles. The predicted octanol–water partition coefficient (Wildman–Crippen LogP) is 2.51. The fourth-order valence-corrected chi connectivity index (χ4v) is 2.43. The van der Waals surface area contributed by atoms with Crippen molar-refractivity contribution in [2.24, 2.45) is 5.41 Å². The highest BCUT2D eigenvalue weighted by molar-refractivity contribution is 4.85. The van der Waals surface area contributed by atoms with Gasteiger partial charge in [0.1, 0.15) is 0 Å². The Bertz CT molecular complexity index is 245. The summed E-state index contributed by atoms with van der Waals surface area (Å²) in [5.41, 5.74) is 0.357. The van der Waals surface area contributed by atoms with Gasteiger partial charge in [0.25, 0.3) is 0 Å². The minimum atomic E-state index is 0.357. The van der Waals surface area contributed by atoms with Gasteiger partial charge in [-0.3, -0.25) is 4.90 Å². The highest BCUT2D eigenvalue weighted by Gasteiger charge is 2.31. The molecule has 0 aromatic carbocycles. The van der Waals surface area contributed by atoms with Crippen molar-refractivity contribution < 1.29 is 4.74 Å². The molecule has 3 atom stereocenters. The SMILES string of the molecule is CCC(C)(CNC(C)C)CN1CC(C)OCC1C. The largest absolute Gasteiger partial charge is 0.376 e. The highest BCUT2D eigenvalue weighted by atomic mass is 16.5. The van der Waals surface area contributed by atoms with E-state index in [9.17, 15) is 0 Å². The van der Waals surface area contributed by atoms with Crippen LogP contribution in [0.4, 0.5) is 0 Å². The van der Waals surface area contributed by atoms with Crippen molar-refractivity contribution in [3.05, 3.63) is 0 Å². The summed E-state index contributed by atoms with van der Waals surface area (Å²) >= 11 is 0. The van der Waals surface area contributed by atoms with Crippen molar-refractivity contribution in [3.8, 4) is 0 Å². The van der Waals surface area contributed by atoms with E-state index in [1.54, 1.807) is 0 Å². The Morgan fingerprint density at radius 2 is 2.06 bits per heavy atom. The average molecular weight is 256 g/mol. The van der Waals surface area contributed by atoms with Crippen LogP contribution in [0, 0.1) is 5.41 Å². The summed E-state index contributed by atoms with van der Waals surface area (Å²) in [6, 6.07) is 1.11. The van der Waals surface area contributed by atoms with E-state index in [4.69, 9.17) is 4.74 Å². The van der Waals surface area contributed by atoms with Crippen LogP contribution in [-0.4, -0.2) is 49.3 Å². The zero-order chi connectivity index (χ0) is 13.8. The molecule has 1 heterocycles. The lowest BCUT2D eigenvalue weighted by Crippen LogP contribution is -2.52. The number of hydrogen-bond donors (Lipinski definition) is 1. The van der Waals surface area contributed by atoms with Crippen LogP contribution in [0.3, 0.4) is 0 Å². The fourth-order valence-electron chi connectivity index (χ4n) is 2.43. The second-order valence-corrected chi connectivity index (χ2v) is 6.62. The number of rotatable bonds is 6. The molecule has 0 radical (unpaired) electrons. The standard InChI is InChI=1S/C15H32N2O/c1-7-15(6,10-16-12(2)3)11-17-8-14(5)18-9-13(17)4/h12-14,16H,7-11H2,1-6H3. The lowest BCUT2D eigenvalue weighted by molar-refractivity contribution is -0.0619. The van der Waals surface area contributed by atoms with Crippen molar-refractivity contribution in [1.29, 1.82) is 0 Å². The summed E-state index contributed by atoms with van der Waals surface area (Å²) < 4.78 is 5.71. The summed E-state index contributed by atoms with van der Waals surface area (Å²) in [6.45, 7) is 17.8. The van der Waals surface area contributed by atoms with Crippen molar-refractivity contribution in [1.82, 2.24) is 10.2 Å². The Balaban J connectivity index is 2.54. The summed E-state index contributed by atoms with van der Waals surface area (Å²) in [4.78, 5) is 2.60. The summed E-state index contributed by atoms with van der Waals surface area (Å²) in [6.07, 6.45) is 1.59. The molecule has 1 saturated heterocycles. The van der Waals surface area contributed by atoms with E-state index in [0.29, 0.717) is 23.6 Å². The van der Waals surface area contributed by atoms with Crippen LogP contribution in [0.15, 0.2) is 0 Å². The van der Waals surface area contributed by atoms with Gasteiger partial charge in [-0.25, -0.2) is 0 Å². The van der Waals surface area contributed by atoms with Gasteiger partial charge in [-0.2, -0.15) is 0 Å². The first kappa shape index (κ1) is 15.9. The van der Waals surface area contributed by atoms with Crippen LogP contribution in [0.25, 0.3) is 0 Å². The first-order valence-corrected chi connectivity index (χ1v) is 7.45. The summed E-state index contributed by atoms with van der Waals surface area (Å²) in [5, 5.41) is 3.59. The van der Waals surface area contributed by atoms with E-state index < -0.39 is 0 Å². The molecule has 3 unspecified atom stereocenters. The molecule has 0 aromatic heterocycles. The Hall–Kier alpha value is -0.120. The number of nitrogens with zero attached hydrogens (tertiary/aromatic N) is 1. The number of nitrogens with one attached hydrogen (secondary N) is 1. The van der Waals surface area contributed by atoms with E-state index in [0.717, 1.165) is 26.2 Å². The smallest absolute Gasteiger partial charge is 0.0674 e. The zero-order valence-corrected chi connectivity index (χ0v) is 13.1. The van der Waals surface area contributed by atoms with Crippen molar-refractivity contribution >= 4 is 0 Å². The van der Waals surface area contributed by atoms with Gasteiger partial charge in [0.2, 0.25) is 0 Å². The molecule has 0 spiro atoms. The lowest BCUT2D eigenvalue weighted by atomic mass is 9.86. The van der Waals surface area contributed by atoms with Crippen molar-refractivity contribution in [2.75, 3.05) is 26.2 Å². The van der Waals surface area contributed by atoms with Crippen LogP contribution in [-0.2, 0) is 4.74 Å². The second kappa shape index (κ2) is 6.88. The fraction of sp³-hybridized carbons (Fsp3) is 1.00. The predicted molar refractivity (Wildman–Crippen MR) is 78.0 cm³/mol. The maximum Gasteiger partial charge on any atom is 0.0674 e. The Morgan fingerprint density at radius 1 is 1.39 bits per heavy atom. The molecule has 1 aliphatic rings. The molecule has 108 valence electrons. The molecular formula is C15H32N2O. The van der Waals surface area contributed by atoms with Gasteiger partial charge in [0, 0.05) is 31.7 Å².